The van der Waals surface area contributed by atoms with Crippen LogP contribution < -0.4 is 15.6 Å². The first kappa shape index (κ1) is 22.3. The maximum atomic E-state index is 13.0. The third kappa shape index (κ3) is 4.95. The molecule has 0 aliphatic rings. The highest BCUT2D eigenvalue weighted by molar-refractivity contribution is 5.76. The van der Waals surface area contributed by atoms with Gasteiger partial charge in [-0.2, -0.15) is 5.10 Å². The predicted molar refractivity (Wildman–Crippen MR) is 127 cm³/mol. The average molecular weight is 446 g/mol. The molecule has 0 saturated carbocycles. The first-order valence-electron chi connectivity index (χ1n) is 10.9. The smallest absolute Gasteiger partial charge is 0.264 e. The first-order chi connectivity index (χ1) is 16.0. The van der Waals surface area contributed by atoms with Crippen LogP contribution in [0, 0.1) is 13.8 Å². The number of aromatic nitrogens is 4. The molecule has 2 aromatic carbocycles. The second-order valence-electron chi connectivity index (χ2n) is 7.95. The molecule has 0 radical (unpaired) electrons. The van der Waals surface area contributed by atoms with E-state index in [-0.39, 0.29) is 24.4 Å². The molecule has 0 atom stereocenters. The topological polar surface area (TPSA) is 91.0 Å². The Kier molecular flexibility index (Phi) is 6.53. The second kappa shape index (κ2) is 9.68. The van der Waals surface area contributed by atoms with E-state index >= 15 is 0 Å². The lowest BCUT2D eigenvalue weighted by Crippen LogP contribution is -2.30. The van der Waals surface area contributed by atoms with Crippen molar-refractivity contribution >= 4 is 16.9 Å². The van der Waals surface area contributed by atoms with Crippen LogP contribution >= 0.6 is 0 Å². The average Bonchev–Trinajstić information content (AvgIpc) is 3.23. The van der Waals surface area contributed by atoms with E-state index in [2.05, 4.69) is 15.4 Å². The Morgan fingerprint density at radius 2 is 1.91 bits per heavy atom. The summed E-state index contributed by atoms with van der Waals surface area (Å²) < 4.78 is 8.42. The van der Waals surface area contributed by atoms with Crippen LogP contribution in [0.25, 0.3) is 16.7 Å². The number of amides is 1. The van der Waals surface area contributed by atoms with Gasteiger partial charge in [0.15, 0.2) is 5.65 Å². The van der Waals surface area contributed by atoms with Crippen LogP contribution in [0.2, 0.25) is 0 Å². The molecule has 33 heavy (non-hydrogen) atoms. The minimum absolute atomic E-state index is 0.111. The molecule has 0 bridgehead atoms. The summed E-state index contributed by atoms with van der Waals surface area (Å²) in [4.78, 5) is 30.0. The molecule has 8 heteroatoms. The van der Waals surface area contributed by atoms with Gasteiger partial charge in [0.25, 0.3) is 5.56 Å². The summed E-state index contributed by atoms with van der Waals surface area (Å²) in [6.45, 7) is 4.56. The third-order valence-corrected chi connectivity index (χ3v) is 5.59. The standard InChI is InChI=1S/C25H27N5O3/c1-17-7-9-20(10-8-17)30-24-22(16-27-30)25(32)29(18(2)28-24)14-12-23(31)26-13-11-19-5-4-6-21(15-19)33-3/h4-10,15-16H,11-14H2,1-3H3,(H,26,31). The van der Waals surface area contributed by atoms with Gasteiger partial charge in [-0.25, -0.2) is 9.67 Å². The Labute approximate surface area is 191 Å². The van der Waals surface area contributed by atoms with Gasteiger partial charge < -0.3 is 10.1 Å². The highest BCUT2D eigenvalue weighted by Gasteiger charge is 2.15. The van der Waals surface area contributed by atoms with E-state index in [1.807, 2.05) is 55.5 Å². The van der Waals surface area contributed by atoms with E-state index in [1.165, 1.54) is 10.8 Å². The summed E-state index contributed by atoms with van der Waals surface area (Å²) >= 11 is 0. The van der Waals surface area contributed by atoms with Crippen molar-refractivity contribution in [1.82, 2.24) is 24.6 Å². The Balaban J connectivity index is 1.41. The van der Waals surface area contributed by atoms with E-state index < -0.39 is 0 Å². The quantitative estimate of drug-likeness (QED) is 0.450. The summed E-state index contributed by atoms with van der Waals surface area (Å²) in [6, 6.07) is 15.6. The Morgan fingerprint density at radius 3 is 2.67 bits per heavy atom. The molecule has 4 aromatic rings. The Bertz CT molecular complexity index is 1340. The fraction of sp³-hybridized carbons (Fsp3) is 0.280. The van der Waals surface area contributed by atoms with Crippen molar-refractivity contribution in [1.29, 1.82) is 0 Å². The molecule has 2 heterocycles. The Morgan fingerprint density at radius 1 is 1.12 bits per heavy atom. The van der Waals surface area contributed by atoms with Gasteiger partial charge in [0, 0.05) is 19.5 Å². The van der Waals surface area contributed by atoms with Gasteiger partial charge in [-0.15, -0.1) is 0 Å². The molecule has 170 valence electrons. The molecule has 8 nitrogen and oxygen atoms in total. The zero-order chi connectivity index (χ0) is 23.4. The normalized spacial score (nSPS) is 11.0. The van der Waals surface area contributed by atoms with Crippen molar-refractivity contribution in [2.24, 2.45) is 0 Å². The van der Waals surface area contributed by atoms with Gasteiger partial charge in [0.1, 0.15) is 17.0 Å². The number of benzene rings is 2. The number of aryl methyl sites for hydroxylation is 2. The Hall–Kier alpha value is -3.94. The van der Waals surface area contributed by atoms with Crippen molar-refractivity contribution in [2.75, 3.05) is 13.7 Å². The number of hydrogen-bond donors (Lipinski definition) is 1. The highest BCUT2D eigenvalue weighted by Crippen LogP contribution is 2.15. The van der Waals surface area contributed by atoms with E-state index in [0.717, 1.165) is 22.6 Å². The number of fused-ring (bicyclic) bond motifs is 1. The molecule has 2 aromatic heterocycles. The number of methoxy groups -OCH3 is 1. The van der Waals surface area contributed by atoms with Gasteiger partial charge in [-0.05, 0) is 50.1 Å². The van der Waals surface area contributed by atoms with E-state index in [0.29, 0.717) is 29.8 Å². The van der Waals surface area contributed by atoms with Gasteiger partial charge in [0.2, 0.25) is 5.91 Å². The zero-order valence-corrected chi connectivity index (χ0v) is 19.0. The van der Waals surface area contributed by atoms with Crippen LogP contribution in [0.1, 0.15) is 23.4 Å². The number of nitrogens with one attached hydrogen (secondary N) is 1. The summed E-state index contributed by atoms with van der Waals surface area (Å²) in [7, 11) is 1.63. The van der Waals surface area contributed by atoms with E-state index in [1.54, 1.807) is 18.7 Å². The maximum absolute atomic E-state index is 13.0. The monoisotopic (exact) mass is 445 g/mol. The third-order valence-electron chi connectivity index (χ3n) is 5.59. The number of carbonyl (C=O) groups is 1. The molecule has 0 aliphatic carbocycles. The number of ether oxygens (including phenoxy) is 1. The number of hydrogen-bond acceptors (Lipinski definition) is 5. The minimum atomic E-state index is -0.194. The van der Waals surface area contributed by atoms with E-state index in [9.17, 15) is 9.59 Å². The number of rotatable bonds is 8. The molecular weight excluding hydrogens is 418 g/mol. The van der Waals surface area contributed by atoms with Crippen LogP contribution in [0.4, 0.5) is 0 Å². The molecule has 0 fully saturated rings. The fourth-order valence-corrected chi connectivity index (χ4v) is 3.72. The van der Waals surface area contributed by atoms with Crippen molar-refractivity contribution in [3.05, 3.63) is 82.0 Å². The molecule has 0 unspecified atom stereocenters. The lowest BCUT2D eigenvalue weighted by atomic mass is 10.1. The largest absolute Gasteiger partial charge is 0.497 e. The fourth-order valence-electron chi connectivity index (χ4n) is 3.72. The van der Waals surface area contributed by atoms with Gasteiger partial charge in [-0.1, -0.05) is 29.8 Å². The second-order valence-corrected chi connectivity index (χ2v) is 7.95. The van der Waals surface area contributed by atoms with Crippen molar-refractivity contribution in [3.8, 4) is 11.4 Å². The molecule has 4 rings (SSSR count). The van der Waals surface area contributed by atoms with Crippen LogP contribution in [0.3, 0.4) is 0 Å². The minimum Gasteiger partial charge on any atom is -0.497 e. The van der Waals surface area contributed by atoms with Crippen molar-refractivity contribution in [3.63, 3.8) is 0 Å². The van der Waals surface area contributed by atoms with Crippen LogP contribution in [-0.4, -0.2) is 38.9 Å². The molecule has 1 N–H and O–H groups in total. The molecule has 0 aliphatic heterocycles. The van der Waals surface area contributed by atoms with E-state index in [4.69, 9.17) is 4.74 Å². The van der Waals surface area contributed by atoms with Crippen molar-refractivity contribution < 1.29 is 9.53 Å². The van der Waals surface area contributed by atoms with Gasteiger partial charge in [-0.3, -0.25) is 14.2 Å². The SMILES string of the molecule is COc1cccc(CCNC(=O)CCn2c(C)nc3c(cnn3-c3ccc(C)cc3)c2=O)c1. The summed E-state index contributed by atoms with van der Waals surface area (Å²) in [5, 5.41) is 7.71. The predicted octanol–water partition coefficient (Wildman–Crippen LogP) is 2.96. The highest BCUT2D eigenvalue weighted by atomic mass is 16.5. The molecule has 1 amide bonds. The number of nitrogens with zero attached hydrogens (tertiary/aromatic N) is 4. The molecule has 0 spiro atoms. The first-order valence-corrected chi connectivity index (χ1v) is 10.9. The van der Waals surface area contributed by atoms with Gasteiger partial charge >= 0.3 is 0 Å². The lowest BCUT2D eigenvalue weighted by Gasteiger charge is -2.11. The van der Waals surface area contributed by atoms with Crippen LogP contribution in [-0.2, 0) is 17.8 Å². The summed E-state index contributed by atoms with van der Waals surface area (Å²) in [5.41, 5.74) is 3.39. The summed E-state index contributed by atoms with van der Waals surface area (Å²) in [6.07, 6.45) is 2.43. The molecular formula is C25H27N5O3. The molecule has 0 saturated heterocycles. The lowest BCUT2D eigenvalue weighted by molar-refractivity contribution is -0.121. The summed E-state index contributed by atoms with van der Waals surface area (Å²) in [5.74, 6) is 1.23. The zero-order valence-electron chi connectivity index (χ0n) is 19.0. The van der Waals surface area contributed by atoms with Gasteiger partial charge in [0.05, 0.1) is 19.0 Å². The van der Waals surface area contributed by atoms with Crippen LogP contribution in [0.5, 0.6) is 5.75 Å². The maximum Gasteiger partial charge on any atom is 0.264 e. The van der Waals surface area contributed by atoms with Crippen molar-refractivity contribution in [2.45, 2.75) is 33.2 Å². The van der Waals surface area contributed by atoms with Crippen LogP contribution in [0.15, 0.2) is 59.5 Å². The number of carbonyl (C=O) groups excluding carboxylic acids is 1.